The number of benzene rings is 1. The Bertz CT molecular complexity index is 2640. The number of aliphatic hydroxyl groups is 1. The highest BCUT2D eigenvalue weighted by molar-refractivity contribution is 5.92. The molecule has 2 aliphatic heterocycles. The maximum atomic E-state index is 12.2. The predicted molar refractivity (Wildman–Crippen MR) is 278 cm³/mol. The minimum Gasteiger partial charge on any atom is -0.508 e. The van der Waals surface area contributed by atoms with Gasteiger partial charge in [0.25, 0.3) is 0 Å². The molecule has 2 saturated heterocycles. The summed E-state index contributed by atoms with van der Waals surface area (Å²) in [6, 6.07) is 5.96. The van der Waals surface area contributed by atoms with Crippen LogP contribution < -0.4 is 0 Å². The minimum atomic E-state index is -0.131. The number of carbonyl (C=O) groups excluding carboxylic acids is 4. The third-order valence-corrected chi connectivity index (χ3v) is 28.4. The van der Waals surface area contributed by atoms with Gasteiger partial charge < -0.3 is 19.7 Å². The van der Waals surface area contributed by atoms with E-state index in [-0.39, 0.29) is 56.3 Å². The number of ether oxygens (including phenoxy) is 2. The van der Waals surface area contributed by atoms with Gasteiger partial charge in [0.15, 0.2) is 11.6 Å². The fraction of sp³-hybridized carbons (Fsp3) is 0.788. The molecule has 17 aliphatic rings. The van der Waals surface area contributed by atoms with E-state index < -0.39 is 0 Å². The van der Waals surface area contributed by atoms with Gasteiger partial charge in [0, 0.05) is 48.3 Å². The molecular formula is C66H84O8. The maximum absolute atomic E-state index is 12.2. The number of rotatable bonds is 0. The largest absolute Gasteiger partial charge is 0.508 e. The summed E-state index contributed by atoms with van der Waals surface area (Å²) in [6.07, 6.45) is 27.9. The van der Waals surface area contributed by atoms with Crippen LogP contribution in [-0.2, 0) is 35.1 Å². The van der Waals surface area contributed by atoms with E-state index >= 15 is 0 Å². The van der Waals surface area contributed by atoms with E-state index in [1.54, 1.807) is 0 Å². The number of esters is 2. The Kier molecular flexibility index (Phi) is 9.42. The first-order valence-electron chi connectivity index (χ1n) is 30.8. The van der Waals surface area contributed by atoms with E-state index in [0.717, 1.165) is 123 Å². The number of aliphatic hydroxyl groups excluding tert-OH is 1. The van der Waals surface area contributed by atoms with Gasteiger partial charge in [0.05, 0.1) is 6.10 Å². The van der Waals surface area contributed by atoms with Crippen LogP contribution in [0.1, 0.15) is 187 Å². The summed E-state index contributed by atoms with van der Waals surface area (Å²) in [7, 11) is 0. The summed E-state index contributed by atoms with van der Waals surface area (Å²) in [5, 5.41) is 20.0. The van der Waals surface area contributed by atoms with E-state index in [2.05, 4.69) is 52.8 Å². The fourth-order valence-electron chi connectivity index (χ4n) is 25.0. The standard InChI is InChI=1S/2C24H30O3.C18H24O2/c2*1-22-6-3-12(25)9-17(22)13-10-14(13)20-16(22)4-7-23(2)21(20)15-11-18(15)24(23)8-5-19(26)27-24;1-18-9-8-14-13-5-3-12(19)10-11(13)2-4-15(14)16(18)6-7-17(18)20/h2*9,13-16,18,20-21H,3-8,10-11H2,1-2H3;3,5,10,14-17,19-20H,2,4,6-9H2,1H3/t2*13-,14+,15-,16+,18+,20-,21+,22-,23+,24+;14-,15-,16+,17+,18+/m111/s1. The Morgan fingerprint density at radius 1 is 0.500 bits per heavy atom. The molecule has 0 amide bonds. The number of phenols is 1. The van der Waals surface area contributed by atoms with Crippen molar-refractivity contribution in [2.75, 3.05) is 0 Å². The van der Waals surface area contributed by atoms with E-state index in [4.69, 9.17) is 9.47 Å². The second kappa shape index (κ2) is 14.9. The molecular weight excluding hydrogens is 921 g/mol. The van der Waals surface area contributed by atoms with E-state index in [9.17, 15) is 29.4 Å². The molecule has 18 rings (SSSR count). The molecule has 14 fully saturated rings. The molecule has 396 valence electrons. The van der Waals surface area contributed by atoms with Crippen molar-refractivity contribution < 1.29 is 38.9 Å². The second-order valence-electron chi connectivity index (χ2n) is 30.5. The summed E-state index contributed by atoms with van der Waals surface area (Å²) >= 11 is 0. The maximum Gasteiger partial charge on any atom is 0.306 e. The molecule has 2 heterocycles. The van der Waals surface area contributed by atoms with Crippen molar-refractivity contribution in [1.82, 2.24) is 0 Å². The SMILES string of the molecule is C[C@]12CCC(=O)C=C1[C@@H]1C[C@@H]1[C@H]1[C@@H]3[C@@H]4C[C@@H]4[C@@]4(CCC(=O)O4)[C@@]3(C)CC[C@@H]12.C[C@]12CCC(=O)C=C1[C@@H]1C[C@@H]1[C@H]1[C@@H]3[C@@H]4C[C@@H]4[C@@]4(CCC(=O)O4)[C@@]3(C)CC[C@@H]12.C[C@]12CC[C@@H]3c4ccc(O)cc4CC[C@H]3[C@@H]1CC[C@@H]2O. The average molecular weight is 1010 g/mol. The van der Waals surface area contributed by atoms with Gasteiger partial charge in [-0.25, -0.2) is 0 Å². The van der Waals surface area contributed by atoms with E-state index in [0.29, 0.717) is 65.7 Å². The molecule has 1 aromatic rings. The fourth-order valence-corrected chi connectivity index (χ4v) is 25.0. The van der Waals surface area contributed by atoms with Crippen LogP contribution in [0.15, 0.2) is 41.5 Å². The smallest absolute Gasteiger partial charge is 0.306 e. The molecule has 0 unspecified atom stereocenters. The molecule has 1 aromatic carbocycles. The molecule has 74 heavy (non-hydrogen) atoms. The zero-order valence-corrected chi connectivity index (χ0v) is 45.2. The van der Waals surface area contributed by atoms with Crippen LogP contribution in [0.5, 0.6) is 5.75 Å². The van der Waals surface area contributed by atoms with Gasteiger partial charge >= 0.3 is 11.9 Å². The summed E-state index contributed by atoms with van der Waals surface area (Å²) < 4.78 is 12.4. The van der Waals surface area contributed by atoms with Crippen LogP contribution in [0.3, 0.4) is 0 Å². The molecule has 2 N–H and O–H groups in total. The van der Waals surface area contributed by atoms with Crippen LogP contribution in [0.25, 0.3) is 0 Å². The van der Waals surface area contributed by atoms with Crippen molar-refractivity contribution >= 4 is 23.5 Å². The third kappa shape index (κ3) is 5.77. The molecule has 0 radical (unpaired) electrons. The van der Waals surface area contributed by atoms with Gasteiger partial charge in [-0.2, -0.15) is 0 Å². The third-order valence-electron chi connectivity index (χ3n) is 28.4. The zero-order chi connectivity index (χ0) is 50.6. The first kappa shape index (κ1) is 46.8. The zero-order valence-electron chi connectivity index (χ0n) is 45.2. The number of aromatic hydroxyl groups is 1. The number of carbonyl (C=O) groups is 4. The molecule has 2 spiro atoms. The molecule has 15 aliphatic carbocycles. The molecule has 25 atom stereocenters. The normalized spacial score (nSPS) is 56.8. The molecule has 0 aromatic heterocycles. The number of ketones is 2. The second-order valence-corrected chi connectivity index (χ2v) is 30.5. The number of hydrogen-bond acceptors (Lipinski definition) is 8. The number of fused-ring (bicyclic) bond motifs is 29. The molecule has 0 bridgehead atoms. The Labute approximate surface area is 439 Å². The quantitative estimate of drug-likeness (QED) is 0.246. The van der Waals surface area contributed by atoms with Crippen LogP contribution in [0.4, 0.5) is 0 Å². The van der Waals surface area contributed by atoms with Crippen molar-refractivity contribution in [3.8, 4) is 5.75 Å². The summed E-state index contributed by atoms with van der Waals surface area (Å²) in [4.78, 5) is 48.6. The van der Waals surface area contributed by atoms with Gasteiger partial charge in [-0.3, -0.25) is 19.2 Å². The number of hydrogen-bond donors (Lipinski definition) is 2. The Balaban J connectivity index is 0.0000000958. The van der Waals surface area contributed by atoms with Gasteiger partial charge in [-0.1, -0.05) is 51.8 Å². The van der Waals surface area contributed by atoms with Gasteiger partial charge in [-0.05, 0) is 256 Å². The van der Waals surface area contributed by atoms with Crippen molar-refractivity contribution in [3.63, 3.8) is 0 Å². The highest BCUT2D eigenvalue weighted by Gasteiger charge is 2.83. The number of aryl methyl sites for hydroxylation is 1. The van der Waals surface area contributed by atoms with Crippen LogP contribution in [-0.4, -0.2) is 51.0 Å². The topological polar surface area (TPSA) is 127 Å². The van der Waals surface area contributed by atoms with Gasteiger partial charge in [0.1, 0.15) is 17.0 Å². The Morgan fingerprint density at radius 2 is 1.04 bits per heavy atom. The first-order valence-corrected chi connectivity index (χ1v) is 30.8. The molecule has 8 heteroatoms. The number of allylic oxidation sites excluding steroid dienone is 2. The van der Waals surface area contributed by atoms with Crippen LogP contribution in [0.2, 0.25) is 0 Å². The van der Waals surface area contributed by atoms with Crippen LogP contribution in [0, 0.1) is 122 Å². The monoisotopic (exact) mass is 1000 g/mol. The predicted octanol–water partition coefficient (Wildman–Crippen LogP) is 12.2. The lowest BCUT2D eigenvalue weighted by atomic mass is 9.45. The minimum absolute atomic E-state index is 0.0561. The Morgan fingerprint density at radius 3 is 1.55 bits per heavy atom. The average Bonchev–Trinajstić information content (AvgIpc) is 4.32. The lowest BCUT2D eigenvalue weighted by molar-refractivity contribution is -0.178. The lowest BCUT2D eigenvalue weighted by Gasteiger charge is -2.60. The highest BCUT2D eigenvalue weighted by Crippen LogP contribution is 2.84. The van der Waals surface area contributed by atoms with Gasteiger partial charge in [-0.15, -0.1) is 0 Å². The van der Waals surface area contributed by atoms with E-state index in [1.165, 1.54) is 92.9 Å². The van der Waals surface area contributed by atoms with Crippen molar-refractivity contribution in [2.45, 2.75) is 199 Å². The van der Waals surface area contributed by atoms with E-state index in [1.807, 2.05) is 12.1 Å². The molecule has 8 nitrogen and oxygen atoms in total. The molecule has 12 saturated carbocycles. The van der Waals surface area contributed by atoms with Crippen molar-refractivity contribution in [1.29, 1.82) is 0 Å². The van der Waals surface area contributed by atoms with Gasteiger partial charge in [0.2, 0.25) is 0 Å². The lowest BCUT2D eigenvalue weighted by Crippen LogP contribution is -2.57. The summed E-state index contributed by atoms with van der Waals surface area (Å²) in [6.45, 7) is 12.3. The number of phenolic OH excluding ortho intramolecular Hbond substituents is 1. The first-order chi connectivity index (χ1) is 35.4. The van der Waals surface area contributed by atoms with Crippen molar-refractivity contribution in [3.05, 3.63) is 52.6 Å². The Hall–Kier alpha value is -3.26. The van der Waals surface area contributed by atoms with Crippen LogP contribution >= 0.6 is 0 Å². The summed E-state index contributed by atoms with van der Waals surface area (Å²) in [5.74, 6) is 13.8. The van der Waals surface area contributed by atoms with Crippen molar-refractivity contribution in [2.24, 2.45) is 122 Å². The highest BCUT2D eigenvalue weighted by atomic mass is 16.6. The summed E-state index contributed by atoms with van der Waals surface area (Å²) in [5.41, 5.74) is 6.69.